The summed E-state index contributed by atoms with van der Waals surface area (Å²) in [5, 5.41) is 11.8. The average molecular weight is 240 g/mol. The summed E-state index contributed by atoms with van der Waals surface area (Å²) in [4.78, 5) is 7.95. The number of anilines is 2. The second-order valence-electron chi connectivity index (χ2n) is 3.71. The third kappa shape index (κ3) is 4.44. The Labute approximate surface area is 101 Å². The highest BCUT2D eigenvalue weighted by Crippen LogP contribution is 2.23. The molecule has 1 rings (SSSR count). The number of hydrogen-bond donors (Lipinski definition) is 3. The van der Waals surface area contributed by atoms with E-state index < -0.39 is 0 Å². The van der Waals surface area contributed by atoms with Gasteiger partial charge in [-0.3, -0.25) is 0 Å². The van der Waals surface area contributed by atoms with Crippen molar-refractivity contribution in [1.29, 1.82) is 0 Å². The molecule has 0 atom stereocenters. The van der Waals surface area contributed by atoms with Crippen molar-refractivity contribution < 1.29 is 9.84 Å². The molecule has 0 bridgehead atoms. The van der Waals surface area contributed by atoms with Crippen molar-refractivity contribution in [2.45, 2.75) is 25.7 Å². The van der Waals surface area contributed by atoms with E-state index in [1.54, 1.807) is 0 Å². The first kappa shape index (κ1) is 13.5. The van der Waals surface area contributed by atoms with Crippen molar-refractivity contribution in [3.8, 4) is 5.88 Å². The molecule has 17 heavy (non-hydrogen) atoms. The molecule has 0 aromatic carbocycles. The Morgan fingerprint density at radius 1 is 1.29 bits per heavy atom. The maximum atomic E-state index is 8.63. The second-order valence-corrected chi connectivity index (χ2v) is 3.71. The van der Waals surface area contributed by atoms with Gasteiger partial charge in [0.25, 0.3) is 0 Å². The minimum atomic E-state index is 0.267. The van der Waals surface area contributed by atoms with Gasteiger partial charge in [0.2, 0.25) is 5.88 Å². The number of nitrogens with one attached hydrogen (secondary N) is 1. The SMILES string of the molecule is COc1ncnc(NCCCCCCO)c1N. The van der Waals surface area contributed by atoms with Crippen molar-refractivity contribution >= 4 is 11.5 Å². The van der Waals surface area contributed by atoms with E-state index in [1.807, 2.05) is 0 Å². The van der Waals surface area contributed by atoms with Crippen LogP contribution in [0.4, 0.5) is 11.5 Å². The van der Waals surface area contributed by atoms with Crippen molar-refractivity contribution in [1.82, 2.24) is 9.97 Å². The zero-order valence-electron chi connectivity index (χ0n) is 10.1. The molecule has 0 amide bonds. The van der Waals surface area contributed by atoms with Gasteiger partial charge in [-0.05, 0) is 12.8 Å². The molecule has 1 heterocycles. The lowest BCUT2D eigenvalue weighted by molar-refractivity contribution is 0.283. The Hall–Kier alpha value is -1.56. The summed E-state index contributed by atoms with van der Waals surface area (Å²) in [6, 6.07) is 0. The van der Waals surface area contributed by atoms with Gasteiger partial charge in [0, 0.05) is 13.2 Å². The monoisotopic (exact) mass is 240 g/mol. The minimum Gasteiger partial charge on any atom is -0.479 e. The van der Waals surface area contributed by atoms with Gasteiger partial charge < -0.3 is 20.9 Å². The number of aromatic nitrogens is 2. The Bertz CT molecular complexity index is 333. The molecule has 4 N–H and O–H groups in total. The molecule has 0 spiro atoms. The number of nitrogens with two attached hydrogens (primary N) is 1. The standard InChI is InChI=1S/C11H20N4O2/c1-17-11-9(12)10(14-8-15-11)13-6-4-2-3-5-7-16/h8,16H,2-7,12H2,1H3,(H,13,14,15). The van der Waals surface area contributed by atoms with Crippen LogP contribution in [-0.2, 0) is 0 Å². The first-order valence-corrected chi connectivity index (χ1v) is 5.78. The third-order valence-corrected chi connectivity index (χ3v) is 2.42. The number of nitrogen functional groups attached to an aromatic ring is 1. The fourth-order valence-corrected chi connectivity index (χ4v) is 1.48. The van der Waals surface area contributed by atoms with E-state index in [4.69, 9.17) is 15.6 Å². The van der Waals surface area contributed by atoms with Gasteiger partial charge >= 0.3 is 0 Å². The van der Waals surface area contributed by atoms with Crippen LogP contribution in [0, 0.1) is 0 Å². The molecule has 0 saturated carbocycles. The largest absolute Gasteiger partial charge is 0.479 e. The van der Waals surface area contributed by atoms with E-state index in [1.165, 1.54) is 13.4 Å². The molecule has 0 aliphatic rings. The quantitative estimate of drug-likeness (QED) is 0.588. The Morgan fingerprint density at radius 3 is 2.76 bits per heavy atom. The molecule has 96 valence electrons. The molecule has 0 aliphatic heterocycles. The molecule has 0 radical (unpaired) electrons. The van der Waals surface area contributed by atoms with Gasteiger partial charge in [0.15, 0.2) is 5.82 Å². The number of nitrogens with zero attached hydrogens (tertiary/aromatic N) is 2. The highest BCUT2D eigenvalue weighted by atomic mass is 16.5. The Morgan fingerprint density at radius 2 is 2.06 bits per heavy atom. The van der Waals surface area contributed by atoms with Crippen LogP contribution in [0.2, 0.25) is 0 Å². The Kier molecular flexibility index (Phi) is 6.09. The van der Waals surface area contributed by atoms with Gasteiger partial charge in [0.05, 0.1) is 7.11 Å². The highest BCUT2D eigenvalue weighted by Gasteiger charge is 2.06. The first-order chi connectivity index (χ1) is 8.29. The lowest BCUT2D eigenvalue weighted by Crippen LogP contribution is -2.08. The van der Waals surface area contributed by atoms with Gasteiger partial charge in [-0.2, -0.15) is 4.98 Å². The molecule has 0 saturated heterocycles. The van der Waals surface area contributed by atoms with Crippen LogP contribution in [0.3, 0.4) is 0 Å². The topological polar surface area (TPSA) is 93.3 Å². The zero-order chi connectivity index (χ0) is 12.5. The summed E-state index contributed by atoms with van der Waals surface area (Å²) in [6.45, 7) is 1.07. The average Bonchev–Trinajstić information content (AvgIpc) is 2.35. The Balaban J connectivity index is 2.31. The third-order valence-electron chi connectivity index (χ3n) is 2.42. The van der Waals surface area contributed by atoms with Crippen LogP contribution in [-0.4, -0.2) is 35.3 Å². The fourth-order valence-electron chi connectivity index (χ4n) is 1.48. The molecule has 0 fully saturated rings. The zero-order valence-corrected chi connectivity index (χ0v) is 10.1. The van der Waals surface area contributed by atoms with Gasteiger partial charge in [0.1, 0.15) is 12.0 Å². The second kappa shape index (κ2) is 7.67. The smallest absolute Gasteiger partial charge is 0.242 e. The van der Waals surface area contributed by atoms with Crippen LogP contribution in [0.25, 0.3) is 0 Å². The summed E-state index contributed by atoms with van der Waals surface area (Å²) in [7, 11) is 1.53. The normalized spacial score (nSPS) is 10.2. The number of ether oxygens (including phenoxy) is 1. The van der Waals surface area contributed by atoms with Crippen LogP contribution in [0.5, 0.6) is 5.88 Å². The molecule has 0 aliphatic carbocycles. The van der Waals surface area contributed by atoms with Crippen molar-refractivity contribution in [2.24, 2.45) is 0 Å². The summed E-state index contributed by atoms with van der Waals surface area (Å²) in [5.41, 5.74) is 6.25. The minimum absolute atomic E-state index is 0.267. The maximum Gasteiger partial charge on any atom is 0.242 e. The van der Waals surface area contributed by atoms with Crippen molar-refractivity contribution in [3.05, 3.63) is 6.33 Å². The predicted octanol–water partition coefficient (Wildman–Crippen LogP) is 1.03. The van der Waals surface area contributed by atoms with Crippen molar-refractivity contribution in [3.63, 3.8) is 0 Å². The lowest BCUT2D eigenvalue weighted by atomic mass is 10.2. The van der Waals surface area contributed by atoms with Crippen LogP contribution in [0.1, 0.15) is 25.7 Å². The summed E-state index contributed by atoms with van der Waals surface area (Å²) >= 11 is 0. The number of aliphatic hydroxyl groups excluding tert-OH is 1. The molecule has 1 aromatic rings. The molecule has 6 heteroatoms. The van der Waals surface area contributed by atoms with Gasteiger partial charge in [-0.25, -0.2) is 4.98 Å². The number of aliphatic hydroxyl groups is 1. The van der Waals surface area contributed by atoms with Gasteiger partial charge in [-0.1, -0.05) is 12.8 Å². The van der Waals surface area contributed by atoms with E-state index in [2.05, 4.69) is 15.3 Å². The summed E-state index contributed by atoms with van der Waals surface area (Å²) in [6.07, 6.45) is 5.43. The number of unbranched alkanes of at least 4 members (excludes halogenated alkanes) is 3. The van der Waals surface area contributed by atoms with Crippen LogP contribution >= 0.6 is 0 Å². The van der Waals surface area contributed by atoms with E-state index >= 15 is 0 Å². The van der Waals surface area contributed by atoms with Crippen LogP contribution in [0.15, 0.2) is 6.33 Å². The molecular weight excluding hydrogens is 220 g/mol. The van der Waals surface area contributed by atoms with E-state index in [0.29, 0.717) is 17.4 Å². The molecule has 0 unspecified atom stereocenters. The summed E-state index contributed by atoms with van der Waals surface area (Å²) in [5.74, 6) is 1.00. The molecular formula is C11H20N4O2. The summed E-state index contributed by atoms with van der Waals surface area (Å²) < 4.78 is 5.00. The van der Waals surface area contributed by atoms with Gasteiger partial charge in [-0.15, -0.1) is 0 Å². The molecule has 6 nitrogen and oxygen atoms in total. The van der Waals surface area contributed by atoms with Crippen molar-refractivity contribution in [2.75, 3.05) is 31.3 Å². The first-order valence-electron chi connectivity index (χ1n) is 5.78. The number of hydrogen-bond acceptors (Lipinski definition) is 6. The van der Waals surface area contributed by atoms with E-state index in [-0.39, 0.29) is 6.61 Å². The number of rotatable bonds is 8. The lowest BCUT2D eigenvalue weighted by Gasteiger charge is -2.09. The highest BCUT2D eigenvalue weighted by molar-refractivity contribution is 5.66. The predicted molar refractivity (Wildman–Crippen MR) is 67.0 cm³/mol. The number of methoxy groups -OCH3 is 1. The molecule has 1 aromatic heterocycles. The van der Waals surface area contributed by atoms with E-state index in [9.17, 15) is 0 Å². The fraction of sp³-hybridized carbons (Fsp3) is 0.636. The maximum absolute atomic E-state index is 8.63. The van der Waals surface area contributed by atoms with E-state index in [0.717, 1.165) is 32.2 Å². The van der Waals surface area contributed by atoms with Crippen LogP contribution < -0.4 is 15.8 Å².